The number of amides is 1. The lowest BCUT2D eigenvalue weighted by Gasteiger charge is -2.11. The molecule has 1 amide bonds. The Kier molecular flexibility index (Phi) is 10.3. The fraction of sp³-hybridized carbons (Fsp3) is 0.500. The van der Waals surface area contributed by atoms with E-state index in [0.717, 1.165) is 30.5 Å². The maximum absolute atomic E-state index is 11.7. The van der Waals surface area contributed by atoms with Crippen LogP contribution in [0.3, 0.4) is 0 Å². The van der Waals surface area contributed by atoms with Crippen LogP contribution in [0.1, 0.15) is 56.9 Å². The molecule has 0 heterocycles. The molecule has 24 heavy (non-hydrogen) atoms. The molecule has 0 aliphatic heterocycles. The standard InChI is InChI=1S/C20H31N3O/c1-4-5-6-7-8-9-10-11-12-20(24)22-21-17-18-13-15-19(16-14-18)23(2)3/h4,13-17H,1,5-12H2,2-3H3,(H,22,24)/b21-17+. The van der Waals surface area contributed by atoms with Crippen molar-refractivity contribution in [3.63, 3.8) is 0 Å². The summed E-state index contributed by atoms with van der Waals surface area (Å²) >= 11 is 0. The van der Waals surface area contributed by atoms with E-state index in [1.54, 1.807) is 6.21 Å². The summed E-state index contributed by atoms with van der Waals surface area (Å²) < 4.78 is 0. The molecule has 1 aromatic rings. The first kappa shape index (κ1) is 19.9. The number of unbranched alkanes of at least 4 members (excludes halogenated alkanes) is 6. The van der Waals surface area contributed by atoms with Gasteiger partial charge in [-0.2, -0.15) is 5.10 Å². The van der Waals surface area contributed by atoms with Crippen LogP contribution in [0.5, 0.6) is 0 Å². The van der Waals surface area contributed by atoms with Gasteiger partial charge in [-0.25, -0.2) is 5.43 Å². The highest BCUT2D eigenvalue weighted by Gasteiger charge is 1.99. The lowest BCUT2D eigenvalue weighted by Crippen LogP contribution is -2.16. The Balaban J connectivity index is 2.11. The number of anilines is 1. The molecule has 0 aromatic heterocycles. The Labute approximate surface area is 146 Å². The molecule has 1 rings (SSSR count). The summed E-state index contributed by atoms with van der Waals surface area (Å²) in [7, 11) is 4.01. The van der Waals surface area contributed by atoms with Gasteiger partial charge in [0.05, 0.1) is 6.21 Å². The maximum Gasteiger partial charge on any atom is 0.240 e. The SMILES string of the molecule is C=CCCCCCCCCC(=O)N/N=C/c1ccc(N(C)C)cc1. The Morgan fingerprint density at radius 3 is 2.33 bits per heavy atom. The van der Waals surface area contributed by atoms with Crippen LogP contribution >= 0.6 is 0 Å². The van der Waals surface area contributed by atoms with Crippen molar-refractivity contribution in [2.45, 2.75) is 51.4 Å². The average molecular weight is 329 g/mol. The molecule has 0 aliphatic carbocycles. The molecule has 4 heteroatoms. The molecule has 0 spiro atoms. The van der Waals surface area contributed by atoms with Gasteiger partial charge in [0, 0.05) is 26.2 Å². The van der Waals surface area contributed by atoms with Crippen molar-refractivity contribution >= 4 is 17.8 Å². The number of nitrogens with one attached hydrogen (secondary N) is 1. The van der Waals surface area contributed by atoms with Crippen LogP contribution in [0.25, 0.3) is 0 Å². The van der Waals surface area contributed by atoms with E-state index >= 15 is 0 Å². The third-order valence-corrected chi connectivity index (χ3v) is 3.87. The molecule has 0 saturated carbocycles. The van der Waals surface area contributed by atoms with Gasteiger partial charge in [-0.3, -0.25) is 4.79 Å². The van der Waals surface area contributed by atoms with Crippen molar-refractivity contribution in [2.24, 2.45) is 5.10 Å². The highest BCUT2D eigenvalue weighted by atomic mass is 16.2. The molecule has 0 radical (unpaired) electrons. The largest absolute Gasteiger partial charge is 0.378 e. The van der Waals surface area contributed by atoms with E-state index in [0.29, 0.717) is 6.42 Å². The Morgan fingerprint density at radius 2 is 1.71 bits per heavy atom. The van der Waals surface area contributed by atoms with E-state index in [9.17, 15) is 4.79 Å². The van der Waals surface area contributed by atoms with Crippen LogP contribution in [-0.4, -0.2) is 26.2 Å². The average Bonchev–Trinajstić information content (AvgIpc) is 2.57. The highest BCUT2D eigenvalue weighted by Crippen LogP contribution is 2.11. The number of hydrazone groups is 1. The van der Waals surface area contributed by atoms with Gasteiger partial charge in [-0.15, -0.1) is 6.58 Å². The Hall–Kier alpha value is -2.10. The minimum atomic E-state index is -0.0113. The van der Waals surface area contributed by atoms with Crippen molar-refractivity contribution in [3.05, 3.63) is 42.5 Å². The summed E-state index contributed by atoms with van der Waals surface area (Å²) in [6.07, 6.45) is 12.3. The number of hydrogen-bond donors (Lipinski definition) is 1. The summed E-state index contributed by atoms with van der Waals surface area (Å²) in [4.78, 5) is 13.8. The van der Waals surface area contributed by atoms with Gasteiger partial charge in [-0.05, 0) is 37.0 Å². The van der Waals surface area contributed by atoms with Crippen LogP contribution in [0.15, 0.2) is 42.0 Å². The first-order valence-electron chi connectivity index (χ1n) is 8.83. The van der Waals surface area contributed by atoms with Gasteiger partial charge in [0.15, 0.2) is 0 Å². The fourth-order valence-corrected chi connectivity index (χ4v) is 2.37. The van der Waals surface area contributed by atoms with Crippen LogP contribution in [0.4, 0.5) is 5.69 Å². The molecule has 0 unspecified atom stereocenters. The lowest BCUT2D eigenvalue weighted by molar-refractivity contribution is -0.121. The fourth-order valence-electron chi connectivity index (χ4n) is 2.37. The van der Waals surface area contributed by atoms with Gasteiger partial charge < -0.3 is 4.90 Å². The van der Waals surface area contributed by atoms with Crippen molar-refractivity contribution in [2.75, 3.05) is 19.0 Å². The Bertz CT molecular complexity index is 506. The molecule has 0 atom stereocenters. The number of benzene rings is 1. The maximum atomic E-state index is 11.7. The third kappa shape index (κ3) is 9.13. The number of rotatable bonds is 12. The van der Waals surface area contributed by atoms with Crippen molar-refractivity contribution in [1.82, 2.24) is 5.43 Å². The number of hydrogen-bond acceptors (Lipinski definition) is 3. The molecule has 4 nitrogen and oxygen atoms in total. The molecule has 0 bridgehead atoms. The number of nitrogens with zero attached hydrogens (tertiary/aromatic N) is 2. The molecular formula is C20H31N3O. The zero-order valence-electron chi connectivity index (χ0n) is 15.1. The third-order valence-electron chi connectivity index (χ3n) is 3.87. The predicted molar refractivity (Wildman–Crippen MR) is 104 cm³/mol. The van der Waals surface area contributed by atoms with Crippen LogP contribution < -0.4 is 10.3 Å². The first-order chi connectivity index (χ1) is 11.6. The van der Waals surface area contributed by atoms with Gasteiger partial charge in [-0.1, -0.05) is 43.9 Å². The molecule has 132 valence electrons. The van der Waals surface area contributed by atoms with E-state index in [2.05, 4.69) is 17.1 Å². The van der Waals surface area contributed by atoms with E-state index < -0.39 is 0 Å². The molecule has 0 fully saturated rings. The minimum absolute atomic E-state index is 0.0113. The highest BCUT2D eigenvalue weighted by molar-refractivity contribution is 5.82. The van der Waals surface area contributed by atoms with Gasteiger partial charge in [0.2, 0.25) is 5.91 Å². The second kappa shape index (κ2) is 12.3. The predicted octanol–water partition coefficient (Wildman–Crippen LogP) is 4.51. The van der Waals surface area contributed by atoms with E-state index in [1.807, 2.05) is 49.3 Å². The number of carbonyl (C=O) groups is 1. The topological polar surface area (TPSA) is 44.7 Å². The summed E-state index contributed by atoms with van der Waals surface area (Å²) in [5, 5.41) is 4.02. The van der Waals surface area contributed by atoms with Crippen molar-refractivity contribution in [3.8, 4) is 0 Å². The monoisotopic (exact) mass is 329 g/mol. The summed E-state index contributed by atoms with van der Waals surface area (Å²) in [6, 6.07) is 8.02. The summed E-state index contributed by atoms with van der Waals surface area (Å²) in [5.74, 6) is -0.0113. The molecule has 0 saturated heterocycles. The molecule has 0 aliphatic rings. The summed E-state index contributed by atoms with van der Waals surface area (Å²) in [6.45, 7) is 3.72. The van der Waals surface area contributed by atoms with Crippen LogP contribution in [0.2, 0.25) is 0 Å². The minimum Gasteiger partial charge on any atom is -0.378 e. The second-order valence-electron chi connectivity index (χ2n) is 6.23. The Morgan fingerprint density at radius 1 is 1.08 bits per heavy atom. The zero-order valence-corrected chi connectivity index (χ0v) is 15.1. The molecule has 1 N–H and O–H groups in total. The summed E-state index contributed by atoms with van der Waals surface area (Å²) in [5.41, 5.74) is 4.71. The van der Waals surface area contributed by atoms with Gasteiger partial charge >= 0.3 is 0 Å². The zero-order chi connectivity index (χ0) is 17.6. The normalized spacial score (nSPS) is 10.8. The quantitative estimate of drug-likeness (QED) is 0.265. The molecule has 1 aromatic carbocycles. The smallest absolute Gasteiger partial charge is 0.240 e. The van der Waals surface area contributed by atoms with Gasteiger partial charge in [0.25, 0.3) is 0 Å². The number of carbonyl (C=O) groups excluding carboxylic acids is 1. The van der Waals surface area contributed by atoms with E-state index in [1.165, 1.54) is 25.7 Å². The van der Waals surface area contributed by atoms with E-state index in [-0.39, 0.29) is 5.91 Å². The van der Waals surface area contributed by atoms with Crippen LogP contribution in [-0.2, 0) is 4.79 Å². The lowest BCUT2D eigenvalue weighted by atomic mass is 10.1. The second-order valence-corrected chi connectivity index (χ2v) is 6.23. The van der Waals surface area contributed by atoms with Crippen molar-refractivity contribution < 1.29 is 4.79 Å². The molecular weight excluding hydrogens is 298 g/mol. The van der Waals surface area contributed by atoms with Crippen molar-refractivity contribution in [1.29, 1.82) is 0 Å². The first-order valence-corrected chi connectivity index (χ1v) is 8.83. The number of allylic oxidation sites excluding steroid dienone is 1. The van der Waals surface area contributed by atoms with E-state index in [4.69, 9.17) is 0 Å². The van der Waals surface area contributed by atoms with Crippen LogP contribution in [0, 0.1) is 0 Å². The van der Waals surface area contributed by atoms with Gasteiger partial charge in [0.1, 0.15) is 0 Å².